The molecule has 0 saturated carbocycles. The summed E-state index contributed by atoms with van der Waals surface area (Å²) in [7, 11) is 1.68. The highest BCUT2D eigenvalue weighted by Gasteiger charge is 2.17. The molecule has 0 unspecified atom stereocenters. The minimum atomic E-state index is -0.350. The van der Waals surface area contributed by atoms with Gasteiger partial charge in [-0.1, -0.05) is 30.3 Å². The first-order valence-corrected chi connectivity index (χ1v) is 8.64. The number of hydrogen-bond acceptors (Lipinski definition) is 3. The van der Waals surface area contributed by atoms with Crippen LogP contribution in [0.4, 0.5) is 11.4 Å². The Balaban J connectivity index is 1.80. The van der Waals surface area contributed by atoms with Gasteiger partial charge in [0.05, 0.1) is 0 Å². The van der Waals surface area contributed by atoms with Gasteiger partial charge in [-0.05, 0) is 61.4 Å². The predicted octanol–water partition coefficient (Wildman–Crippen LogP) is 4.23. The lowest BCUT2D eigenvalue weighted by atomic mass is 10.1. The smallest absolute Gasteiger partial charge is 0.276 e. The van der Waals surface area contributed by atoms with Gasteiger partial charge in [0.1, 0.15) is 11.4 Å². The van der Waals surface area contributed by atoms with E-state index in [2.05, 4.69) is 10.3 Å². The Kier molecular flexibility index (Phi) is 5.31. The van der Waals surface area contributed by atoms with E-state index in [0.717, 1.165) is 16.8 Å². The maximum Gasteiger partial charge on any atom is 0.276 e. The largest absolute Gasteiger partial charge is 0.321 e. The van der Waals surface area contributed by atoms with Crippen LogP contribution in [0.15, 0.2) is 66.7 Å². The lowest BCUT2D eigenvalue weighted by Gasteiger charge is -2.17. The molecule has 5 nitrogen and oxygen atoms in total. The van der Waals surface area contributed by atoms with E-state index in [-0.39, 0.29) is 23.2 Å². The van der Waals surface area contributed by atoms with E-state index in [9.17, 15) is 9.59 Å². The van der Waals surface area contributed by atoms with Gasteiger partial charge in [-0.15, -0.1) is 0 Å². The number of carbonyl (C=O) groups is 2. The SMILES string of the molecule is Cc1cc(C)cc(NC(=O)c2cccc(C(=O)N(C)c3ccccc3)n2)c1. The molecule has 1 heterocycles. The van der Waals surface area contributed by atoms with Gasteiger partial charge in [0.25, 0.3) is 11.8 Å². The average molecular weight is 359 g/mol. The molecule has 0 aliphatic heterocycles. The van der Waals surface area contributed by atoms with Crippen molar-refractivity contribution in [1.29, 1.82) is 0 Å². The van der Waals surface area contributed by atoms with Crippen LogP contribution in [0.3, 0.4) is 0 Å². The Morgan fingerprint density at radius 1 is 0.852 bits per heavy atom. The van der Waals surface area contributed by atoms with Crippen LogP contribution in [0.25, 0.3) is 0 Å². The number of pyridine rings is 1. The van der Waals surface area contributed by atoms with Gasteiger partial charge in [0, 0.05) is 18.4 Å². The third-order valence-corrected chi connectivity index (χ3v) is 4.13. The van der Waals surface area contributed by atoms with E-state index in [0.29, 0.717) is 5.69 Å². The van der Waals surface area contributed by atoms with Crippen LogP contribution in [0.5, 0.6) is 0 Å². The van der Waals surface area contributed by atoms with Crippen LogP contribution in [-0.2, 0) is 0 Å². The third kappa shape index (κ3) is 4.39. The Bertz CT molecular complexity index is 964. The van der Waals surface area contributed by atoms with Crippen molar-refractivity contribution in [2.24, 2.45) is 0 Å². The van der Waals surface area contributed by atoms with E-state index < -0.39 is 0 Å². The van der Waals surface area contributed by atoms with Crippen molar-refractivity contribution in [3.63, 3.8) is 0 Å². The number of benzene rings is 2. The van der Waals surface area contributed by atoms with E-state index in [1.807, 2.05) is 62.4 Å². The lowest BCUT2D eigenvalue weighted by Crippen LogP contribution is -2.27. The summed E-state index contributed by atoms with van der Waals surface area (Å²) in [6.07, 6.45) is 0. The van der Waals surface area contributed by atoms with Gasteiger partial charge in [-0.25, -0.2) is 4.98 Å². The summed E-state index contributed by atoms with van der Waals surface area (Å²) in [6.45, 7) is 3.94. The van der Waals surface area contributed by atoms with Crippen molar-refractivity contribution < 1.29 is 9.59 Å². The molecule has 27 heavy (non-hydrogen) atoms. The minimum Gasteiger partial charge on any atom is -0.321 e. The third-order valence-electron chi connectivity index (χ3n) is 4.13. The maximum absolute atomic E-state index is 12.7. The van der Waals surface area contributed by atoms with E-state index in [1.165, 1.54) is 4.90 Å². The van der Waals surface area contributed by atoms with Crippen LogP contribution in [-0.4, -0.2) is 23.8 Å². The fraction of sp³-hybridized carbons (Fsp3) is 0.136. The van der Waals surface area contributed by atoms with Gasteiger partial charge in [-0.3, -0.25) is 9.59 Å². The number of para-hydroxylation sites is 1. The minimum absolute atomic E-state index is 0.196. The summed E-state index contributed by atoms with van der Waals surface area (Å²) >= 11 is 0. The highest BCUT2D eigenvalue weighted by atomic mass is 16.2. The Labute approximate surface area is 158 Å². The molecule has 0 fully saturated rings. The molecule has 3 rings (SSSR count). The van der Waals surface area contributed by atoms with Crippen LogP contribution >= 0.6 is 0 Å². The number of nitrogens with one attached hydrogen (secondary N) is 1. The standard InChI is InChI=1S/C22H21N3O2/c1-15-12-16(2)14-17(13-15)23-21(26)19-10-7-11-20(24-19)22(27)25(3)18-8-5-4-6-9-18/h4-14H,1-3H3,(H,23,26). The average Bonchev–Trinajstić information content (AvgIpc) is 2.67. The predicted molar refractivity (Wildman–Crippen MR) is 107 cm³/mol. The number of carbonyl (C=O) groups excluding carboxylic acids is 2. The van der Waals surface area contributed by atoms with Crippen molar-refractivity contribution in [1.82, 2.24) is 4.98 Å². The molecule has 0 radical (unpaired) electrons. The van der Waals surface area contributed by atoms with E-state index >= 15 is 0 Å². The van der Waals surface area contributed by atoms with E-state index in [1.54, 1.807) is 25.2 Å². The number of amides is 2. The molecule has 1 N–H and O–H groups in total. The molecule has 136 valence electrons. The second kappa shape index (κ2) is 7.83. The monoisotopic (exact) mass is 359 g/mol. The zero-order valence-electron chi connectivity index (χ0n) is 15.6. The van der Waals surface area contributed by atoms with E-state index in [4.69, 9.17) is 0 Å². The summed E-state index contributed by atoms with van der Waals surface area (Å²) < 4.78 is 0. The Morgan fingerprint density at radius 2 is 1.48 bits per heavy atom. The van der Waals surface area contributed by atoms with Gasteiger partial charge in [0.15, 0.2) is 0 Å². The van der Waals surface area contributed by atoms with Crippen LogP contribution in [0.1, 0.15) is 32.1 Å². The van der Waals surface area contributed by atoms with Crippen LogP contribution in [0, 0.1) is 13.8 Å². The molecule has 2 aromatic carbocycles. The van der Waals surface area contributed by atoms with Crippen molar-refractivity contribution >= 4 is 23.2 Å². The molecule has 0 spiro atoms. The first kappa shape index (κ1) is 18.3. The highest BCUT2D eigenvalue weighted by Crippen LogP contribution is 2.16. The normalized spacial score (nSPS) is 10.3. The van der Waals surface area contributed by atoms with Gasteiger partial charge >= 0.3 is 0 Å². The zero-order chi connectivity index (χ0) is 19.4. The Morgan fingerprint density at radius 3 is 2.15 bits per heavy atom. The molecule has 2 amide bonds. The number of anilines is 2. The fourth-order valence-corrected chi connectivity index (χ4v) is 2.86. The maximum atomic E-state index is 12.7. The first-order chi connectivity index (χ1) is 12.9. The van der Waals surface area contributed by atoms with Gasteiger partial charge in [-0.2, -0.15) is 0 Å². The topological polar surface area (TPSA) is 62.3 Å². The molecular weight excluding hydrogens is 338 g/mol. The van der Waals surface area contributed by atoms with Crippen molar-refractivity contribution in [2.45, 2.75) is 13.8 Å². The molecule has 1 aromatic heterocycles. The molecule has 0 saturated heterocycles. The van der Waals surface area contributed by atoms with Crippen LogP contribution in [0.2, 0.25) is 0 Å². The second-order valence-electron chi connectivity index (χ2n) is 6.44. The zero-order valence-corrected chi connectivity index (χ0v) is 15.6. The molecule has 0 atom stereocenters. The molecule has 0 bridgehead atoms. The summed E-state index contributed by atoms with van der Waals surface area (Å²) in [4.78, 5) is 31.0. The molecular formula is C22H21N3O2. The summed E-state index contributed by atoms with van der Waals surface area (Å²) in [5.74, 6) is -0.626. The Hall–Kier alpha value is -3.47. The van der Waals surface area contributed by atoms with Gasteiger partial charge < -0.3 is 10.2 Å². The highest BCUT2D eigenvalue weighted by molar-refractivity contribution is 6.07. The van der Waals surface area contributed by atoms with Gasteiger partial charge in [0.2, 0.25) is 0 Å². The molecule has 3 aromatic rings. The fourth-order valence-electron chi connectivity index (χ4n) is 2.86. The lowest BCUT2D eigenvalue weighted by molar-refractivity contribution is 0.0988. The molecule has 0 aliphatic carbocycles. The quantitative estimate of drug-likeness (QED) is 0.758. The van der Waals surface area contributed by atoms with Crippen LogP contribution < -0.4 is 10.2 Å². The number of hydrogen-bond donors (Lipinski definition) is 1. The number of rotatable bonds is 4. The number of nitrogens with zero attached hydrogens (tertiary/aromatic N) is 2. The summed E-state index contributed by atoms with van der Waals surface area (Å²) in [6, 6.07) is 20.0. The number of aryl methyl sites for hydroxylation is 2. The van der Waals surface area contributed by atoms with Crippen molar-refractivity contribution in [3.05, 3.63) is 89.2 Å². The van der Waals surface area contributed by atoms with Crippen molar-refractivity contribution in [2.75, 3.05) is 17.3 Å². The second-order valence-corrected chi connectivity index (χ2v) is 6.44. The number of aromatic nitrogens is 1. The summed E-state index contributed by atoms with van der Waals surface area (Å²) in [5, 5.41) is 2.84. The molecule has 5 heteroatoms. The van der Waals surface area contributed by atoms with Crippen molar-refractivity contribution in [3.8, 4) is 0 Å². The first-order valence-electron chi connectivity index (χ1n) is 8.64. The summed E-state index contributed by atoms with van der Waals surface area (Å²) in [5.41, 5.74) is 4.00. The molecule has 0 aliphatic rings.